The van der Waals surface area contributed by atoms with Gasteiger partial charge in [-0.3, -0.25) is 0 Å². The van der Waals surface area contributed by atoms with Gasteiger partial charge in [0.15, 0.2) is 0 Å². The van der Waals surface area contributed by atoms with Crippen molar-refractivity contribution in [3.8, 4) is 0 Å². The molecular weight excluding hydrogens is 142 g/mol. The van der Waals surface area contributed by atoms with Gasteiger partial charge in [-0.15, -0.1) is 0 Å². The summed E-state index contributed by atoms with van der Waals surface area (Å²) >= 11 is 0. The molecule has 0 rings (SSSR count). The van der Waals surface area contributed by atoms with Crippen molar-refractivity contribution >= 4 is 6.21 Å². The van der Waals surface area contributed by atoms with Crippen molar-refractivity contribution in [1.29, 1.82) is 0 Å². The van der Waals surface area contributed by atoms with Gasteiger partial charge in [-0.25, -0.2) is 4.99 Å². The topological polar surface area (TPSA) is 58.6 Å². The number of hydrogen-bond donors (Lipinski definition) is 2. The Morgan fingerprint density at radius 2 is 2.30 bits per heavy atom. The number of aliphatic hydroxyl groups excluding tert-OH is 1. The molecular formula is C5H8F2N2O. The van der Waals surface area contributed by atoms with E-state index in [1.807, 2.05) is 0 Å². The third-order valence-corrected chi connectivity index (χ3v) is 0.750. The molecule has 0 spiro atoms. The Labute approximate surface area is 56.9 Å². The van der Waals surface area contributed by atoms with Crippen molar-refractivity contribution < 1.29 is 13.9 Å². The molecule has 0 aliphatic rings. The Bertz CT molecular complexity index is 145. The zero-order valence-corrected chi connectivity index (χ0v) is 5.17. The first-order valence-electron chi connectivity index (χ1n) is 2.53. The van der Waals surface area contributed by atoms with Crippen LogP contribution in [0.2, 0.25) is 0 Å². The van der Waals surface area contributed by atoms with E-state index in [1.54, 1.807) is 0 Å². The zero-order chi connectivity index (χ0) is 7.98. The summed E-state index contributed by atoms with van der Waals surface area (Å²) < 4.78 is 22.6. The largest absolute Gasteiger partial charge is 0.404 e. The lowest BCUT2D eigenvalue weighted by Crippen LogP contribution is -1.97. The second-order valence-corrected chi connectivity index (χ2v) is 1.46. The van der Waals surface area contributed by atoms with E-state index >= 15 is 0 Å². The smallest absolute Gasteiger partial charge is 0.331 e. The van der Waals surface area contributed by atoms with E-state index in [0.29, 0.717) is 0 Å². The van der Waals surface area contributed by atoms with Gasteiger partial charge in [0, 0.05) is 18.0 Å². The van der Waals surface area contributed by atoms with Crippen molar-refractivity contribution in [3.63, 3.8) is 0 Å². The Kier molecular flexibility index (Phi) is 4.39. The number of nitrogens with zero attached hydrogens (tertiary/aromatic N) is 1. The molecule has 0 unspecified atom stereocenters. The molecule has 0 heterocycles. The van der Waals surface area contributed by atoms with E-state index in [0.717, 1.165) is 12.4 Å². The van der Waals surface area contributed by atoms with Gasteiger partial charge in [0.2, 0.25) is 0 Å². The van der Waals surface area contributed by atoms with Crippen LogP contribution in [0.3, 0.4) is 0 Å². The molecule has 3 nitrogen and oxygen atoms in total. The Morgan fingerprint density at radius 3 is 2.60 bits per heavy atom. The molecule has 0 fully saturated rings. The van der Waals surface area contributed by atoms with Crippen LogP contribution in [0.25, 0.3) is 0 Å². The number of rotatable bonds is 3. The average Bonchev–Trinajstić information content (AvgIpc) is 1.90. The van der Waals surface area contributed by atoms with Crippen molar-refractivity contribution in [1.82, 2.24) is 0 Å². The van der Waals surface area contributed by atoms with Gasteiger partial charge in [0.1, 0.15) is 0 Å². The predicted molar refractivity (Wildman–Crippen MR) is 33.9 cm³/mol. The standard InChI is InChI=1S/C5H8F2N2O/c6-5(7)9-2-4(1-8)3-10/h1-2,5,10H,3,8H2. The predicted octanol–water partition coefficient (Wildman–Crippen LogP) is 0.115. The lowest BCUT2D eigenvalue weighted by molar-refractivity contribution is 0.160. The molecule has 0 aliphatic carbocycles. The van der Waals surface area contributed by atoms with Gasteiger partial charge in [-0.05, 0) is 0 Å². The second-order valence-electron chi connectivity index (χ2n) is 1.46. The molecule has 0 saturated carbocycles. The number of alkyl halides is 2. The fraction of sp³-hybridized carbons (Fsp3) is 0.400. The zero-order valence-electron chi connectivity index (χ0n) is 5.17. The minimum Gasteiger partial charge on any atom is -0.404 e. The summed E-state index contributed by atoms with van der Waals surface area (Å²) in [5, 5.41) is 8.35. The number of aliphatic imine (C=N–C) groups is 1. The van der Waals surface area contributed by atoms with Crippen LogP contribution in [-0.4, -0.2) is 24.5 Å². The summed E-state index contributed by atoms with van der Waals surface area (Å²) in [4.78, 5) is 2.70. The SMILES string of the molecule is NC=C(C=NC(F)F)CO. The highest BCUT2D eigenvalue weighted by molar-refractivity contribution is 5.78. The van der Waals surface area contributed by atoms with E-state index in [9.17, 15) is 8.78 Å². The van der Waals surface area contributed by atoms with Crippen molar-refractivity contribution in [3.05, 3.63) is 11.8 Å². The Balaban J connectivity index is 3.86. The van der Waals surface area contributed by atoms with E-state index in [1.165, 1.54) is 0 Å². The lowest BCUT2D eigenvalue weighted by atomic mass is 10.3. The number of nitrogens with two attached hydrogens (primary N) is 1. The van der Waals surface area contributed by atoms with Crippen LogP contribution < -0.4 is 5.73 Å². The summed E-state index contributed by atoms with van der Waals surface area (Å²) in [5.74, 6) is 0. The highest BCUT2D eigenvalue weighted by Gasteiger charge is 1.94. The van der Waals surface area contributed by atoms with Crippen molar-refractivity contribution in [2.75, 3.05) is 6.61 Å². The summed E-state index contributed by atoms with van der Waals surface area (Å²) in [6.07, 6.45) is 1.86. The maximum Gasteiger partial charge on any atom is 0.331 e. The summed E-state index contributed by atoms with van der Waals surface area (Å²) in [6, 6.07) is 0. The van der Waals surface area contributed by atoms with E-state index in [-0.39, 0.29) is 12.2 Å². The molecule has 0 amide bonds. The first kappa shape index (κ1) is 9.03. The molecule has 58 valence electrons. The highest BCUT2D eigenvalue weighted by atomic mass is 19.3. The van der Waals surface area contributed by atoms with Crippen LogP contribution in [-0.2, 0) is 0 Å². The third-order valence-electron chi connectivity index (χ3n) is 0.750. The maximum atomic E-state index is 11.3. The molecule has 0 aromatic heterocycles. The van der Waals surface area contributed by atoms with Gasteiger partial charge in [0.05, 0.1) is 6.61 Å². The minimum atomic E-state index is -2.75. The van der Waals surface area contributed by atoms with Gasteiger partial charge in [-0.1, -0.05) is 0 Å². The molecule has 3 N–H and O–H groups in total. The molecule has 0 aliphatic heterocycles. The number of halogens is 2. The molecule has 10 heavy (non-hydrogen) atoms. The van der Waals surface area contributed by atoms with Gasteiger partial charge >= 0.3 is 6.55 Å². The van der Waals surface area contributed by atoms with Crippen molar-refractivity contribution in [2.45, 2.75) is 6.55 Å². The van der Waals surface area contributed by atoms with Gasteiger partial charge in [0.25, 0.3) is 0 Å². The van der Waals surface area contributed by atoms with Crippen LogP contribution in [0.1, 0.15) is 0 Å². The normalized spacial score (nSPS) is 13.4. The first-order valence-corrected chi connectivity index (χ1v) is 2.53. The van der Waals surface area contributed by atoms with E-state index in [2.05, 4.69) is 4.99 Å². The average molecular weight is 150 g/mol. The molecule has 0 bridgehead atoms. The molecule has 0 saturated heterocycles. The summed E-state index contributed by atoms with van der Waals surface area (Å²) in [7, 11) is 0. The summed E-state index contributed by atoms with van der Waals surface area (Å²) in [6.45, 7) is -3.13. The highest BCUT2D eigenvalue weighted by Crippen LogP contribution is 1.93. The quantitative estimate of drug-likeness (QED) is 0.443. The summed E-state index contributed by atoms with van der Waals surface area (Å²) in [5.41, 5.74) is 5.08. The minimum absolute atomic E-state index is 0.167. The van der Waals surface area contributed by atoms with E-state index < -0.39 is 6.55 Å². The monoisotopic (exact) mass is 150 g/mol. The number of hydrogen-bond acceptors (Lipinski definition) is 3. The second kappa shape index (κ2) is 4.87. The first-order chi connectivity index (χ1) is 4.70. The van der Waals surface area contributed by atoms with Crippen LogP contribution in [0.4, 0.5) is 8.78 Å². The Morgan fingerprint density at radius 1 is 1.70 bits per heavy atom. The molecule has 0 aromatic carbocycles. The lowest BCUT2D eigenvalue weighted by Gasteiger charge is -1.91. The Hall–Kier alpha value is -0.970. The van der Waals surface area contributed by atoms with Crippen LogP contribution in [0.5, 0.6) is 0 Å². The third kappa shape index (κ3) is 3.96. The fourth-order valence-corrected chi connectivity index (χ4v) is 0.289. The number of aliphatic hydroxyl groups is 1. The van der Waals surface area contributed by atoms with Gasteiger partial charge in [-0.2, -0.15) is 8.78 Å². The van der Waals surface area contributed by atoms with E-state index in [4.69, 9.17) is 10.8 Å². The fourth-order valence-electron chi connectivity index (χ4n) is 0.289. The molecule has 5 heteroatoms. The van der Waals surface area contributed by atoms with Crippen LogP contribution in [0, 0.1) is 0 Å². The molecule has 0 atom stereocenters. The van der Waals surface area contributed by atoms with Crippen molar-refractivity contribution in [2.24, 2.45) is 10.7 Å². The van der Waals surface area contributed by atoms with Crippen LogP contribution in [0.15, 0.2) is 16.8 Å². The molecule has 0 radical (unpaired) electrons. The van der Waals surface area contributed by atoms with Crippen LogP contribution >= 0.6 is 0 Å². The molecule has 0 aromatic rings. The van der Waals surface area contributed by atoms with Gasteiger partial charge < -0.3 is 10.8 Å². The maximum absolute atomic E-state index is 11.3.